The molecule has 1 aromatic rings. The van der Waals surface area contributed by atoms with Gasteiger partial charge in [-0.25, -0.2) is 4.98 Å². The molecule has 0 radical (unpaired) electrons. The van der Waals surface area contributed by atoms with E-state index in [2.05, 4.69) is 4.98 Å². The van der Waals surface area contributed by atoms with E-state index >= 15 is 0 Å². The molecule has 3 nitrogen and oxygen atoms in total. The number of anilines is 1. The Morgan fingerprint density at radius 2 is 2.33 bits per heavy atom. The van der Waals surface area contributed by atoms with Crippen LogP contribution in [-0.4, -0.2) is 11.3 Å². The van der Waals surface area contributed by atoms with Crippen molar-refractivity contribution in [1.82, 2.24) is 4.98 Å². The summed E-state index contributed by atoms with van der Waals surface area (Å²) in [4.78, 5) is 14.0. The molecular formula is C9H10N2O. The topological polar surface area (TPSA) is 56.0 Å². The maximum absolute atomic E-state index is 10.0. The number of aromatic nitrogens is 1. The molecule has 12 heavy (non-hydrogen) atoms. The smallest absolute Gasteiger partial charge is 0.142 e. The lowest BCUT2D eigenvalue weighted by molar-refractivity contribution is -0.104. The Morgan fingerprint density at radius 1 is 1.58 bits per heavy atom. The lowest BCUT2D eigenvalue weighted by Gasteiger charge is -1.98. The number of nitrogens with zero attached hydrogens (tertiary/aromatic N) is 1. The summed E-state index contributed by atoms with van der Waals surface area (Å²) >= 11 is 0. The van der Waals surface area contributed by atoms with Crippen molar-refractivity contribution in [3.05, 3.63) is 29.5 Å². The molecule has 0 bridgehead atoms. The highest BCUT2D eigenvalue weighted by atomic mass is 16.1. The van der Waals surface area contributed by atoms with Crippen molar-refractivity contribution in [3.63, 3.8) is 0 Å². The number of rotatable bonds is 2. The third-order valence-corrected chi connectivity index (χ3v) is 1.44. The molecule has 0 unspecified atom stereocenters. The Kier molecular flexibility index (Phi) is 2.58. The monoisotopic (exact) mass is 162 g/mol. The Balaban J connectivity index is 3.04. The van der Waals surface area contributed by atoms with Crippen LogP contribution in [0.1, 0.15) is 11.1 Å². The molecular weight excluding hydrogens is 152 g/mol. The first-order valence-electron chi connectivity index (χ1n) is 3.58. The van der Waals surface area contributed by atoms with Crippen LogP contribution < -0.4 is 5.73 Å². The van der Waals surface area contributed by atoms with Gasteiger partial charge in [0.05, 0.1) is 0 Å². The van der Waals surface area contributed by atoms with Crippen LogP contribution in [0.25, 0.3) is 6.08 Å². The van der Waals surface area contributed by atoms with Gasteiger partial charge in [0.2, 0.25) is 0 Å². The number of carbonyl (C=O) groups excluding carboxylic acids is 1. The zero-order valence-electron chi connectivity index (χ0n) is 6.82. The number of nitrogen functional groups attached to an aromatic ring is 1. The predicted octanol–water partition coefficient (Wildman–Crippen LogP) is 1.18. The molecule has 3 heteroatoms. The summed E-state index contributed by atoms with van der Waals surface area (Å²) < 4.78 is 0. The maximum Gasteiger partial charge on any atom is 0.142 e. The van der Waals surface area contributed by atoms with Crippen molar-refractivity contribution in [2.45, 2.75) is 6.92 Å². The van der Waals surface area contributed by atoms with E-state index < -0.39 is 0 Å². The summed E-state index contributed by atoms with van der Waals surface area (Å²) in [6, 6.07) is 1.88. The normalized spacial score (nSPS) is 10.4. The number of hydrogen-bond donors (Lipinski definition) is 1. The number of aldehydes is 1. The first-order chi connectivity index (χ1) is 5.74. The lowest BCUT2D eigenvalue weighted by atomic mass is 10.2. The SMILES string of the molecule is Cc1cnc(N)c(C=CC=O)c1. The van der Waals surface area contributed by atoms with Gasteiger partial charge in [0.25, 0.3) is 0 Å². The molecule has 1 aromatic heterocycles. The van der Waals surface area contributed by atoms with E-state index in [1.54, 1.807) is 12.3 Å². The van der Waals surface area contributed by atoms with Crippen molar-refractivity contribution < 1.29 is 4.79 Å². The highest BCUT2D eigenvalue weighted by molar-refractivity contribution is 5.76. The first-order valence-corrected chi connectivity index (χ1v) is 3.58. The molecule has 0 spiro atoms. The molecule has 0 saturated heterocycles. The van der Waals surface area contributed by atoms with Crippen molar-refractivity contribution in [3.8, 4) is 0 Å². The summed E-state index contributed by atoms with van der Waals surface area (Å²) in [5.74, 6) is 0.443. The van der Waals surface area contributed by atoms with Gasteiger partial charge in [-0.2, -0.15) is 0 Å². The number of pyridine rings is 1. The van der Waals surface area contributed by atoms with Gasteiger partial charge in [-0.1, -0.05) is 0 Å². The van der Waals surface area contributed by atoms with Gasteiger partial charge in [0.15, 0.2) is 0 Å². The Morgan fingerprint density at radius 3 is 3.00 bits per heavy atom. The molecule has 2 N–H and O–H groups in total. The maximum atomic E-state index is 10.0. The van der Waals surface area contributed by atoms with Crippen LogP contribution in [0.3, 0.4) is 0 Å². The lowest BCUT2D eigenvalue weighted by Crippen LogP contribution is -1.93. The molecule has 0 aromatic carbocycles. The minimum Gasteiger partial charge on any atom is -0.383 e. The molecule has 0 atom stereocenters. The fourth-order valence-electron chi connectivity index (χ4n) is 0.879. The second kappa shape index (κ2) is 3.67. The van der Waals surface area contributed by atoms with Crippen LogP contribution in [0.4, 0.5) is 5.82 Å². The largest absolute Gasteiger partial charge is 0.383 e. The van der Waals surface area contributed by atoms with Crippen LogP contribution in [0.2, 0.25) is 0 Å². The van der Waals surface area contributed by atoms with Crippen molar-refractivity contribution in [1.29, 1.82) is 0 Å². The number of nitrogens with two attached hydrogens (primary N) is 1. The van der Waals surface area contributed by atoms with E-state index in [1.165, 1.54) is 6.08 Å². The third kappa shape index (κ3) is 1.92. The van der Waals surface area contributed by atoms with E-state index in [-0.39, 0.29) is 0 Å². The van der Waals surface area contributed by atoms with Crippen LogP contribution in [0.5, 0.6) is 0 Å². The van der Waals surface area contributed by atoms with E-state index in [1.807, 2.05) is 13.0 Å². The van der Waals surface area contributed by atoms with Crippen molar-refractivity contribution in [2.24, 2.45) is 0 Å². The Bertz CT molecular complexity index is 318. The minimum atomic E-state index is 0.443. The van der Waals surface area contributed by atoms with Gasteiger partial charge >= 0.3 is 0 Å². The average molecular weight is 162 g/mol. The molecule has 0 aliphatic heterocycles. The molecule has 1 heterocycles. The second-order valence-electron chi connectivity index (χ2n) is 2.48. The molecule has 0 aliphatic carbocycles. The van der Waals surface area contributed by atoms with Crippen LogP contribution in [0.15, 0.2) is 18.3 Å². The predicted molar refractivity (Wildman–Crippen MR) is 48.5 cm³/mol. The van der Waals surface area contributed by atoms with Crippen molar-refractivity contribution in [2.75, 3.05) is 5.73 Å². The number of allylic oxidation sites excluding steroid dienone is 1. The van der Waals surface area contributed by atoms with Gasteiger partial charge in [0.1, 0.15) is 12.1 Å². The third-order valence-electron chi connectivity index (χ3n) is 1.44. The van der Waals surface area contributed by atoms with Crippen LogP contribution in [-0.2, 0) is 4.79 Å². The summed E-state index contributed by atoms with van der Waals surface area (Å²) in [5.41, 5.74) is 7.35. The van der Waals surface area contributed by atoms with Gasteiger partial charge in [0, 0.05) is 11.8 Å². The fourth-order valence-corrected chi connectivity index (χ4v) is 0.879. The van der Waals surface area contributed by atoms with Crippen LogP contribution in [0, 0.1) is 6.92 Å². The van der Waals surface area contributed by atoms with E-state index in [4.69, 9.17) is 5.73 Å². The van der Waals surface area contributed by atoms with E-state index in [9.17, 15) is 4.79 Å². The van der Waals surface area contributed by atoms with Gasteiger partial charge in [-0.3, -0.25) is 4.79 Å². The molecule has 0 saturated carbocycles. The highest BCUT2D eigenvalue weighted by Gasteiger charge is 1.95. The number of aryl methyl sites for hydroxylation is 1. The molecule has 0 amide bonds. The van der Waals surface area contributed by atoms with E-state index in [0.717, 1.165) is 11.1 Å². The summed E-state index contributed by atoms with van der Waals surface area (Å²) in [7, 11) is 0. The summed E-state index contributed by atoms with van der Waals surface area (Å²) in [6.45, 7) is 1.92. The number of hydrogen-bond acceptors (Lipinski definition) is 3. The Hall–Kier alpha value is -1.64. The van der Waals surface area contributed by atoms with Crippen LogP contribution >= 0.6 is 0 Å². The average Bonchev–Trinajstić information content (AvgIpc) is 2.07. The van der Waals surface area contributed by atoms with Crippen molar-refractivity contribution >= 4 is 18.2 Å². The van der Waals surface area contributed by atoms with E-state index in [0.29, 0.717) is 12.1 Å². The minimum absolute atomic E-state index is 0.443. The molecule has 0 fully saturated rings. The highest BCUT2D eigenvalue weighted by Crippen LogP contribution is 2.11. The summed E-state index contributed by atoms with van der Waals surface area (Å²) in [6.07, 6.45) is 5.44. The number of carbonyl (C=O) groups is 1. The van der Waals surface area contributed by atoms with Gasteiger partial charge < -0.3 is 5.73 Å². The van der Waals surface area contributed by atoms with Gasteiger partial charge in [-0.05, 0) is 30.7 Å². The molecule has 62 valence electrons. The zero-order chi connectivity index (χ0) is 8.97. The summed E-state index contributed by atoms with van der Waals surface area (Å²) in [5, 5.41) is 0. The molecule has 0 aliphatic rings. The quantitative estimate of drug-likeness (QED) is 0.524. The van der Waals surface area contributed by atoms with Gasteiger partial charge in [-0.15, -0.1) is 0 Å². The fraction of sp³-hybridized carbons (Fsp3) is 0.111. The second-order valence-corrected chi connectivity index (χ2v) is 2.48. The first kappa shape index (κ1) is 8.46. The molecule has 1 rings (SSSR count). The Labute approximate surface area is 70.9 Å². The zero-order valence-corrected chi connectivity index (χ0v) is 6.82. The standard InChI is InChI=1S/C9H10N2O/c1-7-5-8(3-2-4-12)9(10)11-6-7/h2-6H,1H3,(H2,10,11).